The van der Waals surface area contributed by atoms with E-state index in [-0.39, 0.29) is 29.2 Å². The number of ether oxygens (including phenoxy) is 3. The molecule has 4 aromatic rings. The van der Waals surface area contributed by atoms with Gasteiger partial charge in [0.2, 0.25) is 5.76 Å². The fourth-order valence-electron chi connectivity index (χ4n) is 4.96. The molecule has 1 amide bonds. The van der Waals surface area contributed by atoms with Crippen LogP contribution in [0.25, 0.3) is 11.0 Å². The molecule has 0 aliphatic carbocycles. The zero-order valence-electron chi connectivity index (χ0n) is 23.2. The fraction of sp³-hybridized carbons (Fsp3) is 0.312. The summed E-state index contributed by atoms with van der Waals surface area (Å²) in [5, 5.41) is 0.791. The zero-order valence-corrected chi connectivity index (χ0v) is 24.0. The molecule has 0 radical (unpaired) electrons. The lowest BCUT2D eigenvalue weighted by Gasteiger charge is -2.26. The minimum atomic E-state index is -0.705. The van der Waals surface area contributed by atoms with E-state index < -0.39 is 6.04 Å². The number of benzene rings is 3. The van der Waals surface area contributed by atoms with Crippen molar-refractivity contribution >= 4 is 28.5 Å². The maximum absolute atomic E-state index is 14.0. The van der Waals surface area contributed by atoms with E-state index in [1.807, 2.05) is 49.4 Å². The highest BCUT2D eigenvalue weighted by Gasteiger charge is 2.43. The molecule has 1 unspecified atom stereocenters. The molecular formula is C32H32ClNO6. The Morgan fingerprint density at radius 1 is 0.975 bits per heavy atom. The van der Waals surface area contributed by atoms with Crippen LogP contribution in [0.1, 0.15) is 59.1 Å². The van der Waals surface area contributed by atoms with Gasteiger partial charge in [-0.1, -0.05) is 43.6 Å². The number of hydrogen-bond acceptors (Lipinski definition) is 6. The highest BCUT2D eigenvalue weighted by Crippen LogP contribution is 2.42. The van der Waals surface area contributed by atoms with Gasteiger partial charge in [-0.25, -0.2) is 0 Å². The third-order valence-corrected chi connectivity index (χ3v) is 7.62. The second kappa shape index (κ2) is 11.3. The third kappa shape index (κ3) is 5.13. The van der Waals surface area contributed by atoms with E-state index in [4.69, 9.17) is 30.2 Å². The van der Waals surface area contributed by atoms with Crippen LogP contribution in [0.3, 0.4) is 0 Å². The largest absolute Gasteiger partial charge is 0.497 e. The normalized spacial score (nSPS) is 14.6. The van der Waals surface area contributed by atoms with Gasteiger partial charge in [0, 0.05) is 11.6 Å². The van der Waals surface area contributed by atoms with Crippen LogP contribution in [0, 0.1) is 12.8 Å². The van der Waals surface area contributed by atoms with Crippen molar-refractivity contribution in [1.82, 2.24) is 4.90 Å². The van der Waals surface area contributed by atoms with Crippen LogP contribution in [0.4, 0.5) is 0 Å². The maximum atomic E-state index is 14.0. The summed E-state index contributed by atoms with van der Waals surface area (Å²) >= 11 is 6.37. The number of hydrogen-bond donors (Lipinski definition) is 0. The minimum Gasteiger partial charge on any atom is -0.497 e. The summed E-state index contributed by atoms with van der Waals surface area (Å²) in [6, 6.07) is 15.6. The van der Waals surface area contributed by atoms with Crippen molar-refractivity contribution in [3.05, 3.63) is 97.9 Å². The summed E-state index contributed by atoms with van der Waals surface area (Å²) < 4.78 is 23.1. The predicted octanol–water partition coefficient (Wildman–Crippen LogP) is 6.94. The van der Waals surface area contributed by atoms with E-state index >= 15 is 0 Å². The number of carbonyl (C=O) groups excluding carboxylic acids is 1. The average molecular weight is 562 g/mol. The molecule has 0 saturated heterocycles. The Hall–Kier alpha value is -3.97. The van der Waals surface area contributed by atoms with Gasteiger partial charge < -0.3 is 23.5 Å². The van der Waals surface area contributed by atoms with Crippen molar-refractivity contribution in [3.8, 4) is 17.2 Å². The Kier molecular flexibility index (Phi) is 7.76. The minimum absolute atomic E-state index is 0.0361. The first kappa shape index (κ1) is 27.6. The van der Waals surface area contributed by atoms with Crippen LogP contribution in [-0.2, 0) is 6.54 Å². The van der Waals surface area contributed by atoms with Crippen LogP contribution in [0.2, 0.25) is 5.02 Å². The lowest BCUT2D eigenvalue weighted by atomic mass is 9.97. The molecule has 8 heteroatoms. The fourth-order valence-corrected chi connectivity index (χ4v) is 5.12. The second-order valence-corrected chi connectivity index (χ2v) is 10.8. The molecule has 0 bridgehead atoms. The summed E-state index contributed by atoms with van der Waals surface area (Å²) in [6.45, 7) is 6.91. The molecule has 1 atom stereocenters. The third-order valence-electron chi connectivity index (χ3n) is 7.22. The summed E-state index contributed by atoms with van der Waals surface area (Å²) in [4.78, 5) is 29.5. The van der Waals surface area contributed by atoms with Gasteiger partial charge in [0.15, 0.2) is 16.9 Å². The molecule has 5 rings (SSSR count). The molecule has 7 nitrogen and oxygen atoms in total. The summed E-state index contributed by atoms with van der Waals surface area (Å²) in [5.74, 6) is 2.02. The molecule has 0 saturated carbocycles. The van der Waals surface area contributed by atoms with Crippen molar-refractivity contribution in [1.29, 1.82) is 0 Å². The van der Waals surface area contributed by atoms with Gasteiger partial charge in [-0.2, -0.15) is 0 Å². The summed E-state index contributed by atoms with van der Waals surface area (Å²) in [7, 11) is 3.18. The highest BCUT2D eigenvalue weighted by atomic mass is 35.5. The van der Waals surface area contributed by atoms with E-state index in [1.54, 1.807) is 31.3 Å². The standard InChI is InChI=1S/C32H32ClNO6/c1-18(2)12-13-39-25-11-8-21(15-27(25)38-5)29-28-30(35)23-16-24(33)19(3)14-26(23)40-31(28)32(36)34(29)17-20-6-9-22(37-4)10-7-20/h6-11,14-16,18,29H,12-13,17H2,1-5H3. The van der Waals surface area contributed by atoms with Gasteiger partial charge in [-0.05, 0) is 72.4 Å². The number of amides is 1. The first-order valence-electron chi connectivity index (χ1n) is 13.2. The van der Waals surface area contributed by atoms with Crippen molar-refractivity contribution in [2.75, 3.05) is 20.8 Å². The Labute approximate surface area is 238 Å². The number of nitrogens with zero attached hydrogens (tertiary/aromatic N) is 1. The van der Waals surface area contributed by atoms with Gasteiger partial charge in [0.25, 0.3) is 5.91 Å². The topological polar surface area (TPSA) is 78.2 Å². The van der Waals surface area contributed by atoms with Crippen molar-refractivity contribution in [3.63, 3.8) is 0 Å². The molecule has 1 aliphatic rings. The lowest BCUT2D eigenvalue weighted by molar-refractivity contribution is 0.0714. The van der Waals surface area contributed by atoms with Crippen LogP contribution >= 0.6 is 11.6 Å². The molecule has 0 spiro atoms. The highest BCUT2D eigenvalue weighted by molar-refractivity contribution is 6.32. The molecule has 40 heavy (non-hydrogen) atoms. The Morgan fingerprint density at radius 3 is 2.40 bits per heavy atom. The molecule has 0 N–H and O–H groups in total. The van der Waals surface area contributed by atoms with Crippen molar-refractivity contribution in [2.24, 2.45) is 5.92 Å². The first-order valence-corrected chi connectivity index (χ1v) is 13.6. The van der Waals surface area contributed by atoms with Crippen LogP contribution in [-0.4, -0.2) is 31.6 Å². The number of halogens is 1. The zero-order chi connectivity index (χ0) is 28.6. The number of methoxy groups -OCH3 is 2. The molecule has 1 aromatic heterocycles. The quantitative estimate of drug-likeness (QED) is 0.220. The predicted molar refractivity (Wildman–Crippen MR) is 155 cm³/mol. The number of carbonyl (C=O) groups is 1. The molecule has 2 heterocycles. The molecule has 0 fully saturated rings. The maximum Gasteiger partial charge on any atom is 0.291 e. The van der Waals surface area contributed by atoms with Gasteiger partial charge in [-0.3, -0.25) is 9.59 Å². The van der Waals surface area contributed by atoms with Gasteiger partial charge >= 0.3 is 0 Å². The van der Waals surface area contributed by atoms with E-state index in [9.17, 15) is 9.59 Å². The van der Waals surface area contributed by atoms with Gasteiger partial charge in [0.05, 0.1) is 37.8 Å². The Morgan fingerprint density at radius 2 is 1.73 bits per heavy atom. The number of rotatable bonds is 9. The lowest BCUT2D eigenvalue weighted by Crippen LogP contribution is -2.29. The average Bonchev–Trinajstić information content (AvgIpc) is 3.21. The monoisotopic (exact) mass is 561 g/mol. The van der Waals surface area contributed by atoms with E-state index in [2.05, 4.69) is 13.8 Å². The SMILES string of the molecule is COc1ccc(CN2C(=O)c3oc4cc(C)c(Cl)cc4c(=O)c3C2c2ccc(OCCC(C)C)c(OC)c2)cc1. The molecular weight excluding hydrogens is 530 g/mol. The van der Waals surface area contributed by atoms with Crippen LogP contribution < -0.4 is 19.6 Å². The number of aryl methyl sites for hydroxylation is 1. The van der Waals surface area contributed by atoms with E-state index in [0.717, 1.165) is 17.5 Å². The van der Waals surface area contributed by atoms with Gasteiger partial charge in [-0.15, -0.1) is 0 Å². The summed E-state index contributed by atoms with van der Waals surface area (Å²) in [5.41, 5.74) is 2.66. The summed E-state index contributed by atoms with van der Waals surface area (Å²) in [6.07, 6.45) is 0.904. The van der Waals surface area contributed by atoms with Crippen molar-refractivity contribution in [2.45, 2.75) is 39.8 Å². The second-order valence-electron chi connectivity index (χ2n) is 10.4. The first-order chi connectivity index (χ1) is 19.2. The van der Waals surface area contributed by atoms with Crippen LogP contribution in [0.5, 0.6) is 17.2 Å². The smallest absolute Gasteiger partial charge is 0.291 e. The number of fused-ring (bicyclic) bond motifs is 2. The molecule has 208 valence electrons. The van der Waals surface area contributed by atoms with Crippen LogP contribution in [0.15, 0.2) is 63.8 Å². The van der Waals surface area contributed by atoms with E-state index in [1.165, 1.54) is 0 Å². The molecule has 3 aromatic carbocycles. The van der Waals surface area contributed by atoms with Crippen molar-refractivity contribution < 1.29 is 23.4 Å². The van der Waals surface area contributed by atoms with E-state index in [0.29, 0.717) is 51.3 Å². The van der Waals surface area contributed by atoms with Gasteiger partial charge in [0.1, 0.15) is 11.3 Å². The Balaban J connectivity index is 1.64. The Bertz CT molecular complexity index is 1630. The molecule has 1 aliphatic heterocycles.